The summed E-state index contributed by atoms with van der Waals surface area (Å²) < 4.78 is 34.3. The zero-order valence-corrected chi connectivity index (χ0v) is 17.5. The zero-order valence-electron chi connectivity index (χ0n) is 15.2. The van der Waals surface area contributed by atoms with Crippen molar-refractivity contribution in [2.24, 2.45) is 17.8 Å². The second-order valence-electron chi connectivity index (χ2n) is 8.08. The van der Waals surface area contributed by atoms with Crippen molar-refractivity contribution in [3.8, 4) is 0 Å². The Kier molecular flexibility index (Phi) is 4.72. The highest BCUT2D eigenvalue weighted by molar-refractivity contribution is 7.89. The van der Waals surface area contributed by atoms with Gasteiger partial charge in [0, 0.05) is 13.1 Å². The minimum absolute atomic E-state index is 0.182. The third-order valence-electron chi connectivity index (χ3n) is 6.40. The lowest BCUT2D eigenvalue weighted by atomic mass is 9.89. The molecule has 3 aliphatic rings. The van der Waals surface area contributed by atoms with Crippen molar-refractivity contribution >= 4 is 33.2 Å². The second kappa shape index (κ2) is 6.99. The molecule has 5 unspecified atom stereocenters. The van der Waals surface area contributed by atoms with Crippen LogP contribution in [0.4, 0.5) is 0 Å². The van der Waals surface area contributed by atoms with E-state index < -0.39 is 10.0 Å². The first kappa shape index (κ1) is 18.9. The predicted octanol–water partition coefficient (Wildman–Crippen LogP) is 4.61. The van der Waals surface area contributed by atoms with Crippen LogP contribution >= 0.6 is 23.2 Å². The van der Waals surface area contributed by atoms with E-state index in [-0.39, 0.29) is 9.92 Å². The van der Waals surface area contributed by atoms with Crippen molar-refractivity contribution < 1.29 is 13.2 Å². The molecule has 0 spiro atoms. The fourth-order valence-corrected chi connectivity index (χ4v) is 6.90. The number of sulfonamides is 1. The molecule has 7 heteroatoms. The topological polar surface area (TPSA) is 49.9 Å². The van der Waals surface area contributed by atoms with E-state index in [0.717, 1.165) is 12.0 Å². The molecule has 2 bridgehead atoms. The van der Waals surface area contributed by atoms with E-state index >= 15 is 0 Å². The van der Waals surface area contributed by atoms with Gasteiger partial charge in [-0.05, 0) is 54.4 Å². The molecule has 2 aromatic rings. The quantitative estimate of drug-likeness (QED) is 0.619. The van der Waals surface area contributed by atoms with Crippen LogP contribution in [-0.2, 0) is 21.3 Å². The number of halogens is 2. The summed E-state index contributed by atoms with van der Waals surface area (Å²) in [6, 6.07) is 14.2. The Morgan fingerprint density at radius 2 is 1.79 bits per heavy atom. The summed E-state index contributed by atoms with van der Waals surface area (Å²) in [6.07, 6.45) is 3.02. The molecule has 1 heterocycles. The van der Waals surface area contributed by atoms with Gasteiger partial charge in [0.15, 0.2) is 0 Å². The summed E-state index contributed by atoms with van der Waals surface area (Å²) >= 11 is 12.1. The molecule has 2 aromatic carbocycles. The number of epoxide rings is 1. The highest BCUT2D eigenvalue weighted by Gasteiger charge is 2.63. The largest absolute Gasteiger partial charge is 0.369 e. The van der Waals surface area contributed by atoms with Gasteiger partial charge >= 0.3 is 0 Å². The third-order valence-corrected chi connectivity index (χ3v) is 8.95. The number of hydrogen-bond acceptors (Lipinski definition) is 3. The molecular formula is C21H21Cl2NO3S. The van der Waals surface area contributed by atoms with E-state index in [2.05, 4.69) is 0 Å². The van der Waals surface area contributed by atoms with Crippen LogP contribution in [0.15, 0.2) is 53.4 Å². The average molecular weight is 438 g/mol. The highest BCUT2D eigenvalue weighted by Crippen LogP contribution is 2.59. The SMILES string of the molecule is O=S(=O)(c1ccc(Cl)c(Cl)c1)N(Cc1ccccc1)CC1CC2CC1C1OC21. The van der Waals surface area contributed by atoms with Crippen LogP contribution in [0.25, 0.3) is 0 Å². The molecule has 0 aromatic heterocycles. The van der Waals surface area contributed by atoms with Crippen LogP contribution in [0.5, 0.6) is 0 Å². The lowest BCUT2D eigenvalue weighted by molar-refractivity contribution is 0.231. The van der Waals surface area contributed by atoms with Gasteiger partial charge < -0.3 is 4.74 Å². The fourth-order valence-electron chi connectivity index (χ4n) is 5.03. The Morgan fingerprint density at radius 1 is 1.00 bits per heavy atom. The summed E-state index contributed by atoms with van der Waals surface area (Å²) in [7, 11) is -3.70. The van der Waals surface area contributed by atoms with E-state index in [1.54, 1.807) is 4.31 Å². The van der Waals surface area contributed by atoms with Crippen LogP contribution < -0.4 is 0 Å². The van der Waals surface area contributed by atoms with Gasteiger partial charge in [0.1, 0.15) is 0 Å². The second-order valence-corrected chi connectivity index (χ2v) is 10.8. The number of benzene rings is 2. The molecule has 4 nitrogen and oxygen atoms in total. The maximum absolute atomic E-state index is 13.5. The normalized spacial score (nSPS) is 30.6. The van der Waals surface area contributed by atoms with E-state index in [4.69, 9.17) is 27.9 Å². The number of hydrogen-bond donors (Lipinski definition) is 0. The Balaban J connectivity index is 1.45. The molecular weight excluding hydrogens is 417 g/mol. The first-order valence-electron chi connectivity index (χ1n) is 9.58. The van der Waals surface area contributed by atoms with E-state index in [1.165, 1.54) is 24.6 Å². The summed E-state index contributed by atoms with van der Waals surface area (Å²) in [5, 5.41) is 0.594. The van der Waals surface area contributed by atoms with Gasteiger partial charge in [-0.2, -0.15) is 4.31 Å². The van der Waals surface area contributed by atoms with E-state index in [0.29, 0.717) is 48.1 Å². The smallest absolute Gasteiger partial charge is 0.243 e. The summed E-state index contributed by atoms with van der Waals surface area (Å²) in [5.41, 5.74) is 0.967. The number of fused-ring (bicyclic) bond motifs is 5. The van der Waals surface area contributed by atoms with Crippen molar-refractivity contribution in [3.63, 3.8) is 0 Å². The molecule has 2 saturated carbocycles. The molecule has 0 amide bonds. The first-order valence-corrected chi connectivity index (χ1v) is 11.8. The standard InChI is InChI=1S/C21H21Cl2NO3S/c22-18-7-6-16(10-19(18)23)28(25,26)24(11-13-4-2-1-3-5-13)12-15-8-14-9-17(15)21-20(14)27-21/h1-7,10,14-15,17,20-21H,8-9,11-12H2. The number of rotatable bonds is 6. The van der Waals surface area contributed by atoms with Crippen LogP contribution in [-0.4, -0.2) is 31.5 Å². The van der Waals surface area contributed by atoms with E-state index in [9.17, 15) is 8.42 Å². The number of nitrogens with zero attached hydrogens (tertiary/aromatic N) is 1. The highest BCUT2D eigenvalue weighted by atomic mass is 35.5. The molecule has 0 N–H and O–H groups in total. The van der Waals surface area contributed by atoms with Gasteiger partial charge in [-0.1, -0.05) is 53.5 Å². The van der Waals surface area contributed by atoms with Crippen LogP contribution in [0.1, 0.15) is 18.4 Å². The monoisotopic (exact) mass is 437 g/mol. The van der Waals surface area contributed by atoms with Crippen molar-refractivity contribution in [1.29, 1.82) is 0 Å². The van der Waals surface area contributed by atoms with Crippen molar-refractivity contribution in [1.82, 2.24) is 4.31 Å². The summed E-state index contributed by atoms with van der Waals surface area (Å²) in [6.45, 7) is 0.845. The molecule has 1 saturated heterocycles. The van der Waals surface area contributed by atoms with E-state index in [1.807, 2.05) is 30.3 Å². The average Bonchev–Trinajstić information content (AvgIpc) is 3.29. The van der Waals surface area contributed by atoms with Crippen LogP contribution in [0, 0.1) is 17.8 Å². The lowest BCUT2D eigenvalue weighted by Crippen LogP contribution is -2.37. The summed E-state index contributed by atoms with van der Waals surface area (Å²) in [5.74, 6) is 1.43. The molecule has 2 aliphatic carbocycles. The molecule has 28 heavy (non-hydrogen) atoms. The minimum atomic E-state index is -3.70. The molecule has 148 valence electrons. The first-order chi connectivity index (χ1) is 13.4. The van der Waals surface area contributed by atoms with Gasteiger partial charge in [-0.15, -0.1) is 0 Å². The molecule has 3 fully saturated rings. The Morgan fingerprint density at radius 3 is 2.46 bits per heavy atom. The van der Waals surface area contributed by atoms with Crippen molar-refractivity contribution in [3.05, 3.63) is 64.1 Å². The molecule has 5 atom stereocenters. The van der Waals surface area contributed by atoms with Crippen LogP contribution in [0.2, 0.25) is 10.0 Å². The molecule has 0 radical (unpaired) electrons. The fraction of sp³-hybridized carbons (Fsp3) is 0.429. The van der Waals surface area contributed by atoms with Gasteiger partial charge in [0.25, 0.3) is 0 Å². The molecule has 1 aliphatic heterocycles. The third kappa shape index (κ3) is 3.27. The van der Waals surface area contributed by atoms with Crippen molar-refractivity contribution in [2.75, 3.05) is 6.54 Å². The zero-order chi connectivity index (χ0) is 19.5. The predicted molar refractivity (Wildman–Crippen MR) is 109 cm³/mol. The Hall–Kier alpha value is -1.11. The van der Waals surface area contributed by atoms with Gasteiger partial charge in [-0.3, -0.25) is 0 Å². The Bertz CT molecular complexity index is 998. The maximum Gasteiger partial charge on any atom is 0.243 e. The number of ether oxygens (including phenoxy) is 1. The maximum atomic E-state index is 13.5. The lowest BCUT2D eigenvalue weighted by Gasteiger charge is -2.28. The minimum Gasteiger partial charge on any atom is -0.369 e. The summed E-state index contributed by atoms with van der Waals surface area (Å²) in [4.78, 5) is 0.182. The van der Waals surface area contributed by atoms with Crippen molar-refractivity contribution in [2.45, 2.75) is 36.5 Å². The Labute approximate surface area is 175 Å². The van der Waals surface area contributed by atoms with Crippen LogP contribution in [0.3, 0.4) is 0 Å². The molecule has 5 rings (SSSR count). The van der Waals surface area contributed by atoms with Gasteiger partial charge in [0.2, 0.25) is 10.0 Å². The van der Waals surface area contributed by atoms with Gasteiger partial charge in [0.05, 0.1) is 27.1 Å². The van der Waals surface area contributed by atoms with Gasteiger partial charge in [-0.25, -0.2) is 8.42 Å².